The van der Waals surface area contributed by atoms with Gasteiger partial charge in [-0.1, -0.05) is 6.07 Å². The first-order valence-corrected chi connectivity index (χ1v) is 8.56. The summed E-state index contributed by atoms with van der Waals surface area (Å²) in [6, 6.07) is 5.77. The average molecular weight is 334 g/mol. The fourth-order valence-corrected chi connectivity index (χ4v) is 3.34. The number of methoxy groups -OCH3 is 1. The van der Waals surface area contributed by atoms with Crippen molar-refractivity contribution >= 4 is 11.6 Å². The summed E-state index contributed by atoms with van der Waals surface area (Å²) in [4.78, 5) is 14.5. The number of ether oxygens (including phenoxy) is 3. The second-order valence-electron chi connectivity index (χ2n) is 6.48. The summed E-state index contributed by atoms with van der Waals surface area (Å²) in [5.41, 5.74) is 1.81. The van der Waals surface area contributed by atoms with Crippen LogP contribution in [0.1, 0.15) is 18.4 Å². The van der Waals surface area contributed by atoms with Crippen molar-refractivity contribution in [3.8, 4) is 5.75 Å². The van der Waals surface area contributed by atoms with Gasteiger partial charge in [-0.05, 0) is 50.6 Å². The van der Waals surface area contributed by atoms with E-state index in [9.17, 15) is 4.79 Å². The van der Waals surface area contributed by atoms with Crippen molar-refractivity contribution in [2.45, 2.75) is 26.1 Å². The number of likely N-dealkylation sites (tertiary alicyclic amines) is 1. The third kappa shape index (κ3) is 4.26. The molecule has 2 fully saturated rings. The zero-order chi connectivity index (χ0) is 16.9. The summed E-state index contributed by atoms with van der Waals surface area (Å²) in [6.07, 6.45) is 1.97. The molecule has 1 N–H and O–H groups in total. The number of carbonyl (C=O) groups is 1. The number of amides is 1. The Kier molecular flexibility index (Phi) is 5.71. The van der Waals surface area contributed by atoms with E-state index in [1.165, 1.54) is 0 Å². The van der Waals surface area contributed by atoms with E-state index in [0.717, 1.165) is 37.2 Å². The first kappa shape index (κ1) is 17.2. The minimum atomic E-state index is -0.0440. The maximum absolute atomic E-state index is 12.3. The lowest BCUT2D eigenvalue weighted by molar-refractivity contribution is -0.119. The van der Waals surface area contributed by atoms with Gasteiger partial charge < -0.3 is 19.5 Å². The summed E-state index contributed by atoms with van der Waals surface area (Å²) in [5, 5.41) is 2.96. The highest BCUT2D eigenvalue weighted by atomic mass is 16.7. The number of benzene rings is 1. The summed E-state index contributed by atoms with van der Waals surface area (Å²) in [6.45, 7) is 5.58. The summed E-state index contributed by atoms with van der Waals surface area (Å²) < 4.78 is 16.5. The highest BCUT2D eigenvalue weighted by Crippen LogP contribution is 2.27. The third-order valence-corrected chi connectivity index (χ3v) is 4.66. The number of hydrogen-bond donors (Lipinski definition) is 1. The van der Waals surface area contributed by atoms with E-state index < -0.39 is 0 Å². The maximum atomic E-state index is 12.3. The second-order valence-corrected chi connectivity index (χ2v) is 6.48. The van der Waals surface area contributed by atoms with Crippen LogP contribution < -0.4 is 10.1 Å². The van der Waals surface area contributed by atoms with Crippen LogP contribution in [0, 0.1) is 12.8 Å². The molecule has 0 unspecified atom stereocenters. The number of rotatable bonds is 5. The fraction of sp³-hybridized carbons (Fsp3) is 0.611. The zero-order valence-electron chi connectivity index (χ0n) is 14.4. The Morgan fingerprint density at radius 2 is 2.00 bits per heavy atom. The lowest BCUT2D eigenvalue weighted by atomic mass is 9.96. The van der Waals surface area contributed by atoms with E-state index in [-0.39, 0.29) is 12.2 Å². The van der Waals surface area contributed by atoms with Crippen molar-refractivity contribution in [1.82, 2.24) is 4.90 Å². The Balaban J connectivity index is 1.48. The average Bonchev–Trinajstić information content (AvgIpc) is 3.10. The van der Waals surface area contributed by atoms with Gasteiger partial charge >= 0.3 is 0 Å². The molecular formula is C18H26N2O4. The van der Waals surface area contributed by atoms with Crippen LogP contribution in [0.4, 0.5) is 5.69 Å². The minimum absolute atomic E-state index is 0.00860. The van der Waals surface area contributed by atoms with Gasteiger partial charge in [0.25, 0.3) is 0 Å². The fourth-order valence-electron chi connectivity index (χ4n) is 3.34. The quantitative estimate of drug-likeness (QED) is 0.893. The molecule has 0 radical (unpaired) electrons. The SMILES string of the molecule is COc1ccc(C)cc1NC(=O)CN1CCC(C2OCCO2)CC1. The maximum Gasteiger partial charge on any atom is 0.238 e. The van der Waals surface area contributed by atoms with Crippen LogP contribution >= 0.6 is 0 Å². The van der Waals surface area contributed by atoms with Gasteiger partial charge in [0, 0.05) is 5.92 Å². The number of carbonyl (C=O) groups excluding carboxylic acids is 1. The molecule has 24 heavy (non-hydrogen) atoms. The lowest BCUT2D eigenvalue weighted by Gasteiger charge is -2.33. The molecule has 1 amide bonds. The molecule has 6 nitrogen and oxygen atoms in total. The van der Waals surface area contributed by atoms with Crippen molar-refractivity contribution in [3.05, 3.63) is 23.8 Å². The number of aryl methyl sites for hydroxylation is 1. The predicted molar refractivity (Wildman–Crippen MR) is 91.2 cm³/mol. The van der Waals surface area contributed by atoms with Crippen LogP contribution in [0.15, 0.2) is 18.2 Å². The Morgan fingerprint density at radius 1 is 1.29 bits per heavy atom. The molecule has 2 saturated heterocycles. The second kappa shape index (κ2) is 7.96. The molecule has 0 atom stereocenters. The predicted octanol–water partition coefficient (Wildman–Crippen LogP) is 2.03. The molecule has 132 valence electrons. The van der Waals surface area contributed by atoms with E-state index in [0.29, 0.717) is 31.4 Å². The molecule has 2 aliphatic rings. The number of nitrogens with zero attached hydrogens (tertiary/aromatic N) is 1. The smallest absolute Gasteiger partial charge is 0.238 e. The van der Waals surface area contributed by atoms with Gasteiger partial charge in [0.05, 0.1) is 32.6 Å². The van der Waals surface area contributed by atoms with Crippen LogP contribution in [0.2, 0.25) is 0 Å². The minimum Gasteiger partial charge on any atom is -0.495 e. The normalized spacial score (nSPS) is 20.2. The summed E-state index contributed by atoms with van der Waals surface area (Å²) in [5.74, 6) is 1.12. The Hall–Kier alpha value is -1.63. The Labute approximate surface area is 143 Å². The monoisotopic (exact) mass is 334 g/mol. The zero-order valence-corrected chi connectivity index (χ0v) is 14.4. The molecule has 2 aliphatic heterocycles. The highest BCUT2D eigenvalue weighted by molar-refractivity contribution is 5.93. The van der Waals surface area contributed by atoms with Crippen LogP contribution in [0.3, 0.4) is 0 Å². The van der Waals surface area contributed by atoms with Crippen LogP contribution in [0.25, 0.3) is 0 Å². The Bertz CT molecular complexity index is 564. The molecule has 0 spiro atoms. The van der Waals surface area contributed by atoms with Gasteiger partial charge in [0.1, 0.15) is 5.75 Å². The van der Waals surface area contributed by atoms with Gasteiger partial charge in [-0.15, -0.1) is 0 Å². The topological polar surface area (TPSA) is 60.0 Å². The first-order chi connectivity index (χ1) is 11.7. The standard InChI is InChI=1S/C18H26N2O4/c1-13-3-4-16(22-2)15(11-13)19-17(21)12-20-7-5-14(6-8-20)18-23-9-10-24-18/h3-4,11,14,18H,5-10,12H2,1-2H3,(H,19,21). The van der Waals surface area contributed by atoms with Gasteiger partial charge in [-0.3, -0.25) is 9.69 Å². The van der Waals surface area contributed by atoms with Gasteiger partial charge in [-0.25, -0.2) is 0 Å². The van der Waals surface area contributed by atoms with Crippen molar-refractivity contribution in [1.29, 1.82) is 0 Å². The molecular weight excluding hydrogens is 308 g/mol. The number of anilines is 1. The number of nitrogens with one attached hydrogen (secondary N) is 1. The van der Waals surface area contributed by atoms with Gasteiger partial charge in [-0.2, -0.15) is 0 Å². The number of hydrogen-bond acceptors (Lipinski definition) is 5. The van der Waals surface area contributed by atoms with E-state index >= 15 is 0 Å². The Morgan fingerprint density at radius 3 is 2.67 bits per heavy atom. The van der Waals surface area contributed by atoms with E-state index in [1.54, 1.807) is 7.11 Å². The first-order valence-electron chi connectivity index (χ1n) is 8.56. The number of piperidine rings is 1. The third-order valence-electron chi connectivity index (χ3n) is 4.66. The molecule has 1 aromatic carbocycles. The van der Waals surface area contributed by atoms with Crippen molar-refractivity contribution in [3.63, 3.8) is 0 Å². The van der Waals surface area contributed by atoms with Crippen LogP contribution in [-0.4, -0.2) is 57.1 Å². The van der Waals surface area contributed by atoms with Gasteiger partial charge in [0.2, 0.25) is 5.91 Å². The van der Waals surface area contributed by atoms with Crippen LogP contribution in [0.5, 0.6) is 5.75 Å². The van der Waals surface area contributed by atoms with Crippen molar-refractivity contribution < 1.29 is 19.0 Å². The highest BCUT2D eigenvalue weighted by Gasteiger charge is 2.30. The van der Waals surface area contributed by atoms with E-state index in [1.807, 2.05) is 25.1 Å². The molecule has 2 heterocycles. The molecule has 0 saturated carbocycles. The van der Waals surface area contributed by atoms with E-state index in [2.05, 4.69) is 10.2 Å². The summed E-state index contributed by atoms with van der Waals surface area (Å²) in [7, 11) is 1.61. The molecule has 1 aromatic rings. The molecule has 0 aromatic heterocycles. The molecule has 6 heteroatoms. The van der Waals surface area contributed by atoms with Gasteiger partial charge in [0.15, 0.2) is 6.29 Å². The van der Waals surface area contributed by atoms with Crippen molar-refractivity contribution in [2.75, 3.05) is 45.3 Å². The molecule has 0 bridgehead atoms. The van der Waals surface area contributed by atoms with Crippen LogP contribution in [-0.2, 0) is 14.3 Å². The molecule has 0 aliphatic carbocycles. The lowest BCUT2D eigenvalue weighted by Crippen LogP contribution is -2.41. The summed E-state index contributed by atoms with van der Waals surface area (Å²) >= 11 is 0. The molecule has 3 rings (SSSR count). The van der Waals surface area contributed by atoms with Crippen molar-refractivity contribution in [2.24, 2.45) is 5.92 Å². The van der Waals surface area contributed by atoms with E-state index in [4.69, 9.17) is 14.2 Å². The largest absolute Gasteiger partial charge is 0.495 e.